The number of aryl methyl sites for hydroxylation is 2. The van der Waals surface area contributed by atoms with Gasteiger partial charge in [-0.2, -0.15) is 0 Å². The molecule has 0 bridgehead atoms. The number of carbonyl (C=O) groups is 1. The largest absolute Gasteiger partial charge is 0.487 e. The number of amides is 1. The third-order valence-corrected chi connectivity index (χ3v) is 5.31. The molecule has 0 radical (unpaired) electrons. The fraction of sp³-hybridized carbons (Fsp3) is 0.333. The van der Waals surface area contributed by atoms with E-state index in [0.717, 1.165) is 48.7 Å². The number of carbonyl (C=O) groups excluding carboxylic acids is 1. The van der Waals surface area contributed by atoms with E-state index < -0.39 is 0 Å². The lowest BCUT2D eigenvalue weighted by molar-refractivity contribution is 0.0724. The number of piperidine rings is 1. The topological polar surface area (TPSA) is 55.6 Å². The maximum Gasteiger partial charge on any atom is 0.253 e. The highest BCUT2D eigenvalue weighted by molar-refractivity contribution is 5.94. The normalized spacial score (nSPS) is 14.1. The number of ether oxygens (including phenoxy) is 1. The summed E-state index contributed by atoms with van der Waals surface area (Å²) in [5.74, 6) is 2.19. The van der Waals surface area contributed by atoms with E-state index in [1.807, 2.05) is 67.3 Å². The van der Waals surface area contributed by atoms with Crippen LogP contribution in [0, 0.1) is 13.8 Å². The van der Waals surface area contributed by atoms with Crippen LogP contribution in [0.25, 0.3) is 11.5 Å². The average molecular weight is 390 g/mol. The number of oxazole rings is 1. The van der Waals surface area contributed by atoms with E-state index in [-0.39, 0.29) is 5.91 Å². The smallest absolute Gasteiger partial charge is 0.253 e. The van der Waals surface area contributed by atoms with Crippen molar-refractivity contribution in [1.82, 2.24) is 9.88 Å². The quantitative estimate of drug-likeness (QED) is 0.603. The second-order valence-electron chi connectivity index (χ2n) is 7.55. The number of likely N-dealkylation sites (tertiary alicyclic amines) is 1. The van der Waals surface area contributed by atoms with E-state index in [0.29, 0.717) is 18.1 Å². The van der Waals surface area contributed by atoms with E-state index in [1.54, 1.807) is 0 Å². The molecule has 0 unspecified atom stereocenters. The summed E-state index contributed by atoms with van der Waals surface area (Å²) in [6.07, 6.45) is 3.39. The Morgan fingerprint density at radius 2 is 1.69 bits per heavy atom. The van der Waals surface area contributed by atoms with Gasteiger partial charge in [0.25, 0.3) is 5.91 Å². The number of nitrogens with zero attached hydrogens (tertiary/aromatic N) is 2. The Labute approximate surface area is 171 Å². The minimum absolute atomic E-state index is 0.104. The van der Waals surface area contributed by atoms with Crippen LogP contribution in [0.2, 0.25) is 0 Å². The number of benzene rings is 2. The molecule has 0 atom stereocenters. The molecule has 1 aliphatic rings. The molecule has 1 aliphatic heterocycles. The zero-order chi connectivity index (χ0) is 20.2. The van der Waals surface area contributed by atoms with Crippen LogP contribution >= 0.6 is 0 Å². The predicted octanol–water partition coefficient (Wildman–Crippen LogP) is 5.16. The molecular formula is C24H26N2O3. The van der Waals surface area contributed by atoms with Gasteiger partial charge < -0.3 is 14.1 Å². The van der Waals surface area contributed by atoms with Gasteiger partial charge in [0.2, 0.25) is 5.89 Å². The molecule has 1 fully saturated rings. The molecule has 2 aromatic carbocycles. The number of hydrogen-bond donors (Lipinski definition) is 0. The maximum absolute atomic E-state index is 12.6. The van der Waals surface area contributed by atoms with E-state index >= 15 is 0 Å². The Morgan fingerprint density at radius 3 is 2.38 bits per heavy atom. The van der Waals surface area contributed by atoms with E-state index in [2.05, 4.69) is 4.98 Å². The van der Waals surface area contributed by atoms with Gasteiger partial charge in [-0.05, 0) is 69.5 Å². The fourth-order valence-corrected chi connectivity index (χ4v) is 3.51. The molecule has 5 heteroatoms. The SMILES string of the molecule is Cc1ccc(OCc2nc(-c3ccc(C(=O)N4CCCCC4)cc3)oc2C)cc1. The zero-order valence-electron chi connectivity index (χ0n) is 17.0. The monoisotopic (exact) mass is 390 g/mol. The average Bonchev–Trinajstić information content (AvgIpc) is 3.14. The van der Waals surface area contributed by atoms with Crippen molar-refractivity contribution >= 4 is 5.91 Å². The van der Waals surface area contributed by atoms with Gasteiger partial charge in [-0.1, -0.05) is 17.7 Å². The molecule has 2 heterocycles. The van der Waals surface area contributed by atoms with Crippen LogP contribution in [-0.2, 0) is 6.61 Å². The summed E-state index contributed by atoms with van der Waals surface area (Å²) in [5, 5.41) is 0. The van der Waals surface area contributed by atoms with Crippen LogP contribution in [0.4, 0.5) is 0 Å². The summed E-state index contributed by atoms with van der Waals surface area (Å²) in [5.41, 5.74) is 3.53. The van der Waals surface area contributed by atoms with Crippen molar-refractivity contribution in [3.63, 3.8) is 0 Å². The minimum atomic E-state index is 0.104. The van der Waals surface area contributed by atoms with Crippen molar-refractivity contribution in [2.45, 2.75) is 39.7 Å². The van der Waals surface area contributed by atoms with Crippen LogP contribution in [0.1, 0.15) is 46.6 Å². The Bertz CT molecular complexity index is 968. The van der Waals surface area contributed by atoms with Crippen LogP contribution in [0.5, 0.6) is 5.75 Å². The van der Waals surface area contributed by atoms with Gasteiger partial charge >= 0.3 is 0 Å². The predicted molar refractivity (Wildman–Crippen MR) is 112 cm³/mol. The van der Waals surface area contributed by atoms with Gasteiger partial charge in [0.05, 0.1) is 0 Å². The highest BCUT2D eigenvalue weighted by Gasteiger charge is 2.19. The minimum Gasteiger partial charge on any atom is -0.487 e. The first-order valence-corrected chi connectivity index (χ1v) is 10.2. The van der Waals surface area contributed by atoms with Crippen molar-refractivity contribution in [2.24, 2.45) is 0 Å². The van der Waals surface area contributed by atoms with E-state index in [1.165, 1.54) is 12.0 Å². The molecule has 4 rings (SSSR count). The molecule has 0 aliphatic carbocycles. The van der Waals surface area contributed by atoms with Crippen molar-refractivity contribution in [3.05, 3.63) is 71.1 Å². The molecule has 29 heavy (non-hydrogen) atoms. The maximum atomic E-state index is 12.6. The summed E-state index contributed by atoms with van der Waals surface area (Å²) < 4.78 is 11.7. The van der Waals surface area contributed by atoms with Crippen molar-refractivity contribution in [3.8, 4) is 17.2 Å². The van der Waals surface area contributed by atoms with E-state index in [9.17, 15) is 4.79 Å². The molecule has 1 aromatic heterocycles. The van der Waals surface area contributed by atoms with Gasteiger partial charge in [-0.15, -0.1) is 0 Å². The fourth-order valence-electron chi connectivity index (χ4n) is 3.51. The van der Waals surface area contributed by atoms with Crippen molar-refractivity contribution in [1.29, 1.82) is 0 Å². The summed E-state index contributed by atoms with van der Waals surface area (Å²) in [6, 6.07) is 15.4. The summed E-state index contributed by atoms with van der Waals surface area (Å²) in [6.45, 7) is 5.99. The van der Waals surface area contributed by atoms with E-state index in [4.69, 9.17) is 9.15 Å². The summed E-state index contributed by atoms with van der Waals surface area (Å²) >= 11 is 0. The Balaban J connectivity index is 1.43. The molecular weight excluding hydrogens is 364 g/mol. The number of aromatic nitrogens is 1. The number of rotatable bonds is 5. The van der Waals surface area contributed by atoms with Gasteiger partial charge in [-0.25, -0.2) is 4.98 Å². The third-order valence-electron chi connectivity index (χ3n) is 5.31. The summed E-state index contributed by atoms with van der Waals surface area (Å²) in [7, 11) is 0. The summed E-state index contributed by atoms with van der Waals surface area (Å²) in [4.78, 5) is 19.1. The lowest BCUT2D eigenvalue weighted by Gasteiger charge is -2.26. The lowest BCUT2D eigenvalue weighted by Crippen LogP contribution is -2.35. The molecule has 0 saturated carbocycles. The first-order valence-electron chi connectivity index (χ1n) is 10.2. The molecule has 0 N–H and O–H groups in total. The second-order valence-corrected chi connectivity index (χ2v) is 7.55. The highest BCUT2D eigenvalue weighted by Crippen LogP contribution is 2.24. The van der Waals surface area contributed by atoms with Crippen LogP contribution in [0.3, 0.4) is 0 Å². The first-order chi connectivity index (χ1) is 14.1. The van der Waals surface area contributed by atoms with Gasteiger partial charge in [0.1, 0.15) is 23.8 Å². The molecule has 0 spiro atoms. The molecule has 150 valence electrons. The lowest BCUT2D eigenvalue weighted by atomic mass is 10.1. The third kappa shape index (κ3) is 4.50. The molecule has 3 aromatic rings. The Morgan fingerprint density at radius 1 is 1.00 bits per heavy atom. The Hall–Kier alpha value is -3.08. The van der Waals surface area contributed by atoms with Gasteiger partial charge in [0.15, 0.2) is 0 Å². The molecule has 1 amide bonds. The van der Waals surface area contributed by atoms with Crippen LogP contribution < -0.4 is 4.74 Å². The van der Waals surface area contributed by atoms with Crippen LogP contribution in [-0.4, -0.2) is 28.9 Å². The number of hydrogen-bond acceptors (Lipinski definition) is 4. The highest BCUT2D eigenvalue weighted by atomic mass is 16.5. The van der Waals surface area contributed by atoms with Gasteiger partial charge in [0, 0.05) is 24.2 Å². The van der Waals surface area contributed by atoms with Crippen molar-refractivity contribution < 1.29 is 13.9 Å². The standard InChI is InChI=1S/C24H26N2O3/c1-17-6-12-21(13-7-17)28-16-22-18(2)29-23(25-22)19-8-10-20(11-9-19)24(27)26-14-4-3-5-15-26/h6-13H,3-5,14-16H2,1-2H3. The molecule has 5 nitrogen and oxygen atoms in total. The van der Waals surface area contributed by atoms with Crippen molar-refractivity contribution in [2.75, 3.05) is 13.1 Å². The Kier molecular flexibility index (Phi) is 5.65. The second kappa shape index (κ2) is 8.52. The van der Waals surface area contributed by atoms with Gasteiger partial charge in [-0.3, -0.25) is 4.79 Å². The molecule has 1 saturated heterocycles. The zero-order valence-corrected chi connectivity index (χ0v) is 17.0. The first kappa shape index (κ1) is 19.2. The van der Waals surface area contributed by atoms with Crippen LogP contribution in [0.15, 0.2) is 52.9 Å².